The summed E-state index contributed by atoms with van der Waals surface area (Å²) in [6.45, 7) is 1.15. The highest BCUT2D eigenvalue weighted by Gasteiger charge is 2.42. The highest BCUT2D eigenvalue weighted by atomic mass is 19.4. The number of ketones is 1. The number of amides is 2. The summed E-state index contributed by atoms with van der Waals surface area (Å²) in [5.41, 5.74) is 2.11. The molecule has 5 aromatic carbocycles. The third-order valence-electron chi connectivity index (χ3n) is 10.7. The van der Waals surface area contributed by atoms with Gasteiger partial charge in [-0.3, -0.25) is 19.5 Å². The summed E-state index contributed by atoms with van der Waals surface area (Å²) in [5.74, 6) is -3.79. The minimum absolute atomic E-state index is 0.0839. The van der Waals surface area contributed by atoms with Crippen LogP contribution in [0, 0.1) is 0 Å². The molecule has 7 rings (SSSR count). The van der Waals surface area contributed by atoms with Gasteiger partial charge in [-0.25, -0.2) is 14.5 Å². The first-order valence-electron chi connectivity index (χ1n) is 19.0. The van der Waals surface area contributed by atoms with E-state index in [-0.39, 0.29) is 23.7 Å². The minimum Gasteiger partial charge on any atom is -0.480 e. The molecule has 0 aromatic heterocycles. The molecule has 2 amide bonds. The zero-order valence-corrected chi connectivity index (χ0v) is 31.3. The zero-order valence-electron chi connectivity index (χ0n) is 31.3. The van der Waals surface area contributed by atoms with Crippen LogP contribution in [-0.4, -0.2) is 69.6 Å². The van der Waals surface area contributed by atoms with Crippen molar-refractivity contribution in [3.05, 3.63) is 178 Å². The van der Waals surface area contributed by atoms with Crippen LogP contribution in [0.1, 0.15) is 75.0 Å². The first-order valence-corrected chi connectivity index (χ1v) is 19.0. The van der Waals surface area contributed by atoms with Crippen molar-refractivity contribution < 1.29 is 42.2 Å². The molecule has 296 valence electrons. The van der Waals surface area contributed by atoms with Crippen molar-refractivity contribution in [3.8, 4) is 0 Å². The smallest absolute Gasteiger partial charge is 0.417 e. The molecule has 5 aromatic rings. The third-order valence-corrected chi connectivity index (χ3v) is 10.7. The molecule has 2 aliphatic heterocycles. The number of likely N-dealkylation sites (tertiary alicyclic amines) is 1. The number of alkyl halides is 3. The second-order valence-corrected chi connectivity index (χ2v) is 14.3. The van der Waals surface area contributed by atoms with Crippen LogP contribution in [0.25, 0.3) is 0 Å². The quantitative estimate of drug-likeness (QED) is 0.0938. The van der Waals surface area contributed by atoms with Gasteiger partial charge in [0.15, 0.2) is 11.8 Å². The molecule has 2 saturated heterocycles. The average Bonchev–Trinajstić information content (AvgIpc) is 3.87. The number of carboxylic acid groups (broad SMARTS) is 1. The van der Waals surface area contributed by atoms with Crippen molar-refractivity contribution in [1.82, 2.24) is 9.80 Å². The van der Waals surface area contributed by atoms with Gasteiger partial charge in [0, 0.05) is 35.6 Å². The lowest BCUT2D eigenvalue weighted by atomic mass is 9.86. The Labute approximate surface area is 333 Å². The van der Waals surface area contributed by atoms with Crippen LogP contribution >= 0.6 is 0 Å². The molecule has 1 N–H and O–H groups in total. The fraction of sp³-hybridized carbons (Fsp3) is 0.239. The summed E-state index contributed by atoms with van der Waals surface area (Å²) in [6, 6.07) is 34.9. The summed E-state index contributed by atoms with van der Waals surface area (Å²) in [6.07, 6.45) is -4.79. The molecular formula is C46H40F3N3O6. The van der Waals surface area contributed by atoms with E-state index in [1.54, 1.807) is 84.9 Å². The van der Waals surface area contributed by atoms with E-state index >= 15 is 0 Å². The monoisotopic (exact) mass is 787 g/mol. The number of imide groups is 1. The van der Waals surface area contributed by atoms with Crippen LogP contribution in [0.3, 0.4) is 0 Å². The van der Waals surface area contributed by atoms with E-state index in [9.17, 15) is 37.5 Å². The van der Waals surface area contributed by atoms with Gasteiger partial charge in [0.05, 0.1) is 17.3 Å². The number of benzene rings is 5. The molecule has 0 spiro atoms. The molecule has 2 heterocycles. The number of carbonyl (C=O) groups is 4. The van der Waals surface area contributed by atoms with Gasteiger partial charge in [0.1, 0.15) is 12.6 Å². The number of nitrogens with zero attached hydrogens (tertiary/aromatic N) is 3. The van der Waals surface area contributed by atoms with E-state index < -0.39 is 60.2 Å². The molecule has 0 aliphatic carbocycles. The average molecular weight is 788 g/mol. The zero-order chi connectivity index (χ0) is 40.8. The Morgan fingerprint density at radius 1 is 0.793 bits per heavy atom. The Bertz CT molecular complexity index is 2290. The SMILES string of the molecule is O=C(O)[C@H](N=C(c1ccccc1)c1ccccc1C(=O)[C@@H]1CCCN1Cc1ccccc1)[C@@H](CC(=O)N1C(=O)OC[C@H]1c1ccccc1)c1ccc(C(F)(F)F)cc1. The molecule has 2 aliphatic rings. The summed E-state index contributed by atoms with van der Waals surface area (Å²) in [4.78, 5) is 63.2. The second-order valence-electron chi connectivity index (χ2n) is 14.3. The van der Waals surface area contributed by atoms with Gasteiger partial charge >= 0.3 is 18.2 Å². The standard InChI is InChI=1S/C46H40F3N3O6/c47-46(48,49)34-24-22-31(23-25-34)37(27-40(53)52-39(29-58-45(52)57)32-15-6-2-7-16-32)42(44(55)56)50-41(33-17-8-3-9-18-33)35-19-10-11-20-36(35)43(54)38-21-12-26-51(38)28-30-13-4-1-5-14-30/h1-11,13-20,22-25,37-39,42H,12,21,26-29H2,(H,55,56)/t37-,38-,39-,42+/m0/s1. The summed E-state index contributed by atoms with van der Waals surface area (Å²) in [7, 11) is 0. The largest absolute Gasteiger partial charge is 0.480 e. The van der Waals surface area contributed by atoms with Gasteiger partial charge in [-0.2, -0.15) is 13.2 Å². The Morgan fingerprint density at radius 3 is 2.03 bits per heavy atom. The van der Waals surface area contributed by atoms with Crippen LogP contribution in [0.5, 0.6) is 0 Å². The van der Waals surface area contributed by atoms with Crippen LogP contribution in [0.2, 0.25) is 0 Å². The number of Topliss-reactive ketones (excluding diaryl/α,β-unsaturated/α-hetero) is 1. The van der Waals surface area contributed by atoms with E-state index in [0.29, 0.717) is 41.8 Å². The lowest BCUT2D eigenvalue weighted by Gasteiger charge is -2.27. The molecule has 2 fully saturated rings. The van der Waals surface area contributed by atoms with E-state index in [4.69, 9.17) is 9.73 Å². The number of carbonyl (C=O) groups excluding carboxylic acids is 3. The van der Waals surface area contributed by atoms with E-state index in [1.165, 1.54) is 0 Å². The predicted octanol–water partition coefficient (Wildman–Crippen LogP) is 8.74. The van der Waals surface area contributed by atoms with E-state index in [2.05, 4.69) is 4.90 Å². The number of halogens is 3. The second kappa shape index (κ2) is 17.4. The normalized spacial score (nSPS) is 18.4. The number of cyclic esters (lactones) is 1. The van der Waals surface area contributed by atoms with Gasteiger partial charge in [-0.05, 0) is 48.2 Å². The number of hydrogen-bond donors (Lipinski definition) is 1. The Balaban J connectivity index is 1.31. The Kier molecular flexibility index (Phi) is 11.9. The molecule has 0 saturated carbocycles. The summed E-state index contributed by atoms with van der Waals surface area (Å²) in [5, 5.41) is 10.9. The molecule has 4 atom stereocenters. The predicted molar refractivity (Wildman–Crippen MR) is 210 cm³/mol. The van der Waals surface area contributed by atoms with Crippen LogP contribution in [0.4, 0.5) is 18.0 Å². The minimum atomic E-state index is -4.68. The van der Waals surface area contributed by atoms with Gasteiger partial charge in [0.2, 0.25) is 5.91 Å². The van der Waals surface area contributed by atoms with Crippen molar-refractivity contribution >= 4 is 29.5 Å². The Hall–Kier alpha value is -6.40. The van der Waals surface area contributed by atoms with Crippen LogP contribution in [-0.2, 0) is 27.0 Å². The molecular weight excluding hydrogens is 748 g/mol. The highest BCUT2D eigenvalue weighted by Crippen LogP contribution is 2.36. The Morgan fingerprint density at radius 2 is 1.40 bits per heavy atom. The highest BCUT2D eigenvalue weighted by molar-refractivity contribution is 6.19. The molecule has 12 heteroatoms. The lowest BCUT2D eigenvalue weighted by Crippen LogP contribution is -2.38. The number of rotatable bonds is 13. The molecule has 0 bridgehead atoms. The van der Waals surface area contributed by atoms with Gasteiger partial charge in [-0.1, -0.05) is 127 Å². The van der Waals surface area contributed by atoms with Gasteiger partial charge in [0.25, 0.3) is 0 Å². The van der Waals surface area contributed by atoms with E-state index in [1.807, 2.05) is 30.3 Å². The lowest BCUT2D eigenvalue weighted by molar-refractivity contribution is -0.140. The van der Waals surface area contributed by atoms with Crippen LogP contribution in [0.15, 0.2) is 145 Å². The molecule has 0 unspecified atom stereocenters. The maximum Gasteiger partial charge on any atom is 0.417 e. The fourth-order valence-corrected chi connectivity index (χ4v) is 7.80. The van der Waals surface area contributed by atoms with Crippen molar-refractivity contribution in [2.24, 2.45) is 4.99 Å². The third kappa shape index (κ3) is 8.77. The van der Waals surface area contributed by atoms with E-state index in [0.717, 1.165) is 41.1 Å². The number of ether oxygens (including phenoxy) is 1. The molecule has 0 radical (unpaired) electrons. The van der Waals surface area contributed by atoms with Crippen LogP contribution < -0.4 is 0 Å². The van der Waals surface area contributed by atoms with Crippen molar-refractivity contribution in [2.75, 3.05) is 13.2 Å². The number of carboxylic acids is 1. The maximum atomic E-state index is 14.6. The maximum absolute atomic E-state index is 14.6. The van der Waals surface area contributed by atoms with Crippen molar-refractivity contribution in [3.63, 3.8) is 0 Å². The summed E-state index contributed by atoms with van der Waals surface area (Å²) < 4.78 is 46.4. The topological polar surface area (TPSA) is 117 Å². The van der Waals surface area contributed by atoms with Crippen molar-refractivity contribution in [1.29, 1.82) is 0 Å². The number of hydrogen-bond acceptors (Lipinski definition) is 7. The fourth-order valence-electron chi connectivity index (χ4n) is 7.80. The summed E-state index contributed by atoms with van der Waals surface area (Å²) >= 11 is 0. The number of aliphatic imine (C=N–C) groups is 1. The first-order chi connectivity index (χ1) is 28.0. The van der Waals surface area contributed by atoms with Gasteiger partial charge < -0.3 is 9.84 Å². The molecule has 58 heavy (non-hydrogen) atoms. The number of aliphatic carboxylic acids is 1. The first kappa shape index (κ1) is 39.8. The van der Waals surface area contributed by atoms with Crippen molar-refractivity contribution in [2.45, 2.75) is 56.0 Å². The molecule has 9 nitrogen and oxygen atoms in total. The van der Waals surface area contributed by atoms with Gasteiger partial charge in [-0.15, -0.1) is 0 Å².